The first-order valence-corrected chi connectivity index (χ1v) is 8.46. The second-order valence-electron chi connectivity index (χ2n) is 6.10. The van der Waals surface area contributed by atoms with Crippen LogP contribution in [0.5, 0.6) is 11.5 Å². The van der Waals surface area contributed by atoms with E-state index in [1.807, 2.05) is 37.5 Å². The molecular formula is C20H18N4O3. The Morgan fingerprint density at radius 3 is 3.00 bits per heavy atom. The van der Waals surface area contributed by atoms with E-state index in [0.717, 1.165) is 28.0 Å². The zero-order valence-corrected chi connectivity index (χ0v) is 14.8. The maximum atomic E-state index is 12.2. The molecule has 4 rings (SSSR count). The molecule has 0 atom stereocenters. The highest BCUT2D eigenvalue weighted by molar-refractivity contribution is 5.92. The van der Waals surface area contributed by atoms with Crippen molar-refractivity contribution in [3.8, 4) is 22.6 Å². The number of nitrogens with one attached hydrogen (secondary N) is 1. The third kappa shape index (κ3) is 3.82. The molecule has 27 heavy (non-hydrogen) atoms. The standard InChI is InChI=1S/C20H18N4O3/c1-24-12-16(11-23-24)17-6-7-21-10-15(17)3-5-20(25)22-9-14-2-4-18-19(8-14)27-13-26-18/h2-8,10-12H,9,13H2,1H3,(H,22,25). The second kappa shape index (κ2) is 7.33. The maximum absolute atomic E-state index is 12.2. The molecule has 1 aromatic carbocycles. The highest BCUT2D eigenvalue weighted by Gasteiger charge is 2.13. The lowest BCUT2D eigenvalue weighted by atomic mass is 10.0. The summed E-state index contributed by atoms with van der Waals surface area (Å²) in [5.74, 6) is 1.24. The van der Waals surface area contributed by atoms with Crippen molar-refractivity contribution in [2.45, 2.75) is 6.54 Å². The first kappa shape index (κ1) is 16.8. The van der Waals surface area contributed by atoms with E-state index in [0.29, 0.717) is 12.3 Å². The molecule has 3 aromatic rings. The fourth-order valence-corrected chi connectivity index (χ4v) is 2.83. The summed E-state index contributed by atoms with van der Waals surface area (Å²) in [4.78, 5) is 16.3. The number of amides is 1. The zero-order valence-electron chi connectivity index (χ0n) is 14.8. The number of nitrogens with zero attached hydrogens (tertiary/aromatic N) is 3. The topological polar surface area (TPSA) is 78.3 Å². The number of benzene rings is 1. The van der Waals surface area contributed by atoms with Gasteiger partial charge in [-0.25, -0.2) is 0 Å². The summed E-state index contributed by atoms with van der Waals surface area (Å²) < 4.78 is 12.4. The predicted molar refractivity (Wildman–Crippen MR) is 99.9 cm³/mol. The number of aromatic nitrogens is 3. The van der Waals surface area contributed by atoms with Crippen molar-refractivity contribution in [1.82, 2.24) is 20.1 Å². The highest BCUT2D eigenvalue weighted by Crippen LogP contribution is 2.32. The Morgan fingerprint density at radius 1 is 1.26 bits per heavy atom. The third-order valence-corrected chi connectivity index (χ3v) is 4.19. The van der Waals surface area contributed by atoms with E-state index >= 15 is 0 Å². The molecule has 1 amide bonds. The molecule has 1 N–H and O–H groups in total. The van der Waals surface area contributed by atoms with Crippen molar-refractivity contribution in [3.05, 3.63) is 66.3 Å². The summed E-state index contributed by atoms with van der Waals surface area (Å²) in [5, 5.41) is 7.06. The second-order valence-corrected chi connectivity index (χ2v) is 6.10. The molecule has 0 fully saturated rings. The summed E-state index contributed by atoms with van der Waals surface area (Å²) in [6, 6.07) is 7.52. The number of pyridine rings is 1. The van der Waals surface area contributed by atoms with E-state index in [-0.39, 0.29) is 12.7 Å². The number of ether oxygens (including phenoxy) is 2. The zero-order chi connectivity index (χ0) is 18.6. The van der Waals surface area contributed by atoms with Crippen LogP contribution in [0.2, 0.25) is 0 Å². The van der Waals surface area contributed by atoms with Gasteiger partial charge < -0.3 is 14.8 Å². The predicted octanol–water partition coefficient (Wildman–Crippen LogP) is 2.54. The summed E-state index contributed by atoms with van der Waals surface area (Å²) in [5.41, 5.74) is 3.74. The van der Waals surface area contributed by atoms with Gasteiger partial charge in [0.2, 0.25) is 12.7 Å². The fraction of sp³-hybridized carbons (Fsp3) is 0.150. The van der Waals surface area contributed by atoms with Gasteiger partial charge >= 0.3 is 0 Å². The molecule has 1 aliphatic heterocycles. The molecule has 0 saturated carbocycles. The van der Waals surface area contributed by atoms with E-state index in [1.54, 1.807) is 29.3 Å². The Bertz CT molecular complexity index is 1010. The number of rotatable bonds is 5. The van der Waals surface area contributed by atoms with Crippen LogP contribution < -0.4 is 14.8 Å². The SMILES string of the molecule is Cn1cc(-c2ccncc2C=CC(=O)NCc2ccc3c(c2)OCO3)cn1. The molecule has 0 unspecified atom stereocenters. The highest BCUT2D eigenvalue weighted by atomic mass is 16.7. The first-order chi connectivity index (χ1) is 13.2. The number of hydrogen-bond donors (Lipinski definition) is 1. The minimum Gasteiger partial charge on any atom is -0.454 e. The molecule has 0 bridgehead atoms. The largest absolute Gasteiger partial charge is 0.454 e. The Balaban J connectivity index is 1.42. The Labute approximate surface area is 156 Å². The van der Waals surface area contributed by atoms with Gasteiger partial charge in [-0.1, -0.05) is 6.07 Å². The van der Waals surface area contributed by atoms with Crippen molar-refractivity contribution in [3.63, 3.8) is 0 Å². The van der Waals surface area contributed by atoms with E-state index in [4.69, 9.17) is 9.47 Å². The van der Waals surface area contributed by atoms with Crippen molar-refractivity contribution in [2.24, 2.45) is 7.05 Å². The normalized spacial score (nSPS) is 12.5. The van der Waals surface area contributed by atoms with Gasteiger partial charge in [0.15, 0.2) is 11.5 Å². The van der Waals surface area contributed by atoms with Gasteiger partial charge in [-0.05, 0) is 35.4 Å². The van der Waals surface area contributed by atoms with E-state index < -0.39 is 0 Å². The molecule has 7 nitrogen and oxygen atoms in total. The number of carbonyl (C=O) groups is 1. The third-order valence-electron chi connectivity index (χ3n) is 4.19. The van der Waals surface area contributed by atoms with Crippen LogP contribution in [0.1, 0.15) is 11.1 Å². The van der Waals surface area contributed by atoms with Gasteiger partial charge in [-0.2, -0.15) is 5.10 Å². The van der Waals surface area contributed by atoms with Gasteiger partial charge in [0.1, 0.15) is 0 Å². The van der Waals surface area contributed by atoms with Crippen LogP contribution in [-0.4, -0.2) is 27.5 Å². The van der Waals surface area contributed by atoms with Crippen LogP contribution in [-0.2, 0) is 18.4 Å². The van der Waals surface area contributed by atoms with Crippen LogP contribution in [0.4, 0.5) is 0 Å². The average Bonchev–Trinajstić information content (AvgIpc) is 3.33. The van der Waals surface area contributed by atoms with Crippen LogP contribution >= 0.6 is 0 Å². The molecule has 2 aromatic heterocycles. The van der Waals surface area contributed by atoms with E-state index in [9.17, 15) is 4.79 Å². The Hall–Kier alpha value is -3.61. The molecule has 3 heterocycles. The fourth-order valence-electron chi connectivity index (χ4n) is 2.83. The quantitative estimate of drug-likeness (QED) is 0.706. The Morgan fingerprint density at radius 2 is 2.15 bits per heavy atom. The molecule has 0 spiro atoms. The molecule has 0 radical (unpaired) electrons. The molecular weight excluding hydrogens is 344 g/mol. The van der Waals surface area contributed by atoms with Crippen molar-refractivity contribution >= 4 is 12.0 Å². The van der Waals surface area contributed by atoms with Crippen LogP contribution in [0.25, 0.3) is 17.2 Å². The number of aryl methyl sites for hydroxylation is 1. The Kier molecular flexibility index (Phi) is 4.57. The van der Waals surface area contributed by atoms with Crippen molar-refractivity contribution in [1.29, 1.82) is 0 Å². The molecule has 0 saturated heterocycles. The number of carbonyl (C=O) groups excluding carboxylic acids is 1. The van der Waals surface area contributed by atoms with Crippen LogP contribution in [0.3, 0.4) is 0 Å². The van der Waals surface area contributed by atoms with Gasteiger partial charge in [-0.3, -0.25) is 14.5 Å². The smallest absolute Gasteiger partial charge is 0.244 e. The van der Waals surface area contributed by atoms with Crippen LogP contribution in [0, 0.1) is 0 Å². The van der Waals surface area contributed by atoms with Gasteiger partial charge in [-0.15, -0.1) is 0 Å². The first-order valence-electron chi connectivity index (χ1n) is 8.46. The van der Waals surface area contributed by atoms with Crippen molar-refractivity contribution in [2.75, 3.05) is 6.79 Å². The monoisotopic (exact) mass is 362 g/mol. The molecule has 1 aliphatic rings. The van der Waals surface area contributed by atoms with E-state index in [2.05, 4.69) is 15.4 Å². The summed E-state index contributed by atoms with van der Waals surface area (Å²) in [6.07, 6.45) is 10.4. The molecule has 136 valence electrons. The lowest BCUT2D eigenvalue weighted by molar-refractivity contribution is -0.116. The van der Waals surface area contributed by atoms with Gasteiger partial charge in [0.25, 0.3) is 0 Å². The lowest BCUT2D eigenvalue weighted by Gasteiger charge is -2.05. The summed E-state index contributed by atoms with van der Waals surface area (Å²) in [7, 11) is 1.86. The van der Waals surface area contributed by atoms with Crippen molar-refractivity contribution < 1.29 is 14.3 Å². The summed E-state index contributed by atoms with van der Waals surface area (Å²) in [6.45, 7) is 0.639. The van der Waals surface area contributed by atoms with Gasteiger partial charge in [0.05, 0.1) is 6.20 Å². The lowest BCUT2D eigenvalue weighted by Crippen LogP contribution is -2.20. The average molecular weight is 362 g/mol. The molecule has 0 aliphatic carbocycles. The van der Waals surface area contributed by atoms with Gasteiger partial charge in [0, 0.05) is 49.4 Å². The van der Waals surface area contributed by atoms with Crippen LogP contribution in [0.15, 0.2) is 55.1 Å². The minimum absolute atomic E-state index is 0.186. The summed E-state index contributed by atoms with van der Waals surface area (Å²) >= 11 is 0. The minimum atomic E-state index is -0.186. The number of fused-ring (bicyclic) bond motifs is 1. The maximum Gasteiger partial charge on any atom is 0.244 e. The molecule has 7 heteroatoms. The van der Waals surface area contributed by atoms with E-state index in [1.165, 1.54) is 6.08 Å². The number of hydrogen-bond acceptors (Lipinski definition) is 5.